The average molecular weight is 815 g/mol. The van der Waals surface area contributed by atoms with Crippen molar-refractivity contribution in [1.82, 2.24) is 19.7 Å². The van der Waals surface area contributed by atoms with Crippen LogP contribution in [0.1, 0.15) is 56.1 Å². The molecule has 3 amide bonds. The Morgan fingerprint density at radius 2 is 1.54 bits per heavy atom. The minimum Gasteiger partial charge on any atom is -0.496 e. The maximum atomic E-state index is 14.3. The highest BCUT2D eigenvalue weighted by atomic mass is 19.4. The Labute approximate surface area is 340 Å². The lowest BCUT2D eigenvalue weighted by Crippen LogP contribution is -2.55. The first kappa shape index (κ1) is 40.2. The Morgan fingerprint density at radius 1 is 0.881 bits per heavy atom. The first-order chi connectivity index (χ1) is 28.3. The molecule has 3 unspecified atom stereocenters. The predicted octanol–water partition coefficient (Wildman–Crippen LogP) is 5.94. The van der Waals surface area contributed by atoms with Gasteiger partial charge in [0.1, 0.15) is 17.5 Å². The molecule has 4 aromatic rings. The zero-order valence-corrected chi connectivity index (χ0v) is 33.4. The minimum absolute atomic E-state index is 0.0634. The van der Waals surface area contributed by atoms with Gasteiger partial charge in [-0.1, -0.05) is 18.2 Å². The molecule has 3 atom stereocenters. The number of piperidine rings is 2. The van der Waals surface area contributed by atoms with Gasteiger partial charge in [-0.05, 0) is 85.4 Å². The number of methoxy groups -OCH3 is 2. The molecule has 1 aromatic heterocycles. The van der Waals surface area contributed by atoms with Gasteiger partial charge in [-0.25, -0.2) is 0 Å². The van der Waals surface area contributed by atoms with Crippen LogP contribution in [0.2, 0.25) is 0 Å². The first-order valence-corrected chi connectivity index (χ1v) is 20.2. The van der Waals surface area contributed by atoms with Gasteiger partial charge in [0.15, 0.2) is 0 Å². The number of halogens is 3. The van der Waals surface area contributed by atoms with Gasteiger partial charge in [0.25, 0.3) is 5.56 Å². The van der Waals surface area contributed by atoms with Gasteiger partial charge < -0.3 is 29.2 Å². The summed E-state index contributed by atoms with van der Waals surface area (Å²) >= 11 is 0. The number of pyridine rings is 1. The van der Waals surface area contributed by atoms with Crippen molar-refractivity contribution in [3.63, 3.8) is 0 Å². The highest BCUT2D eigenvalue weighted by Gasteiger charge is 2.43. The van der Waals surface area contributed by atoms with E-state index in [2.05, 4.69) is 15.5 Å². The van der Waals surface area contributed by atoms with E-state index in [-0.39, 0.29) is 53.7 Å². The van der Waals surface area contributed by atoms with Gasteiger partial charge in [0, 0.05) is 93.2 Å². The van der Waals surface area contributed by atoms with Gasteiger partial charge in [-0.15, -0.1) is 0 Å². The van der Waals surface area contributed by atoms with Crippen molar-refractivity contribution in [2.75, 3.05) is 50.6 Å². The van der Waals surface area contributed by atoms with Crippen LogP contribution in [0.4, 0.5) is 24.5 Å². The Kier molecular flexibility index (Phi) is 11.1. The number of alkyl halides is 3. The second-order valence-electron chi connectivity index (χ2n) is 16.2. The quantitative estimate of drug-likeness (QED) is 0.187. The fourth-order valence-corrected chi connectivity index (χ4v) is 9.49. The number of likely N-dealkylation sites (tertiary alicyclic amines) is 1. The topological polar surface area (TPSA) is 125 Å². The van der Waals surface area contributed by atoms with Crippen LogP contribution in [0.3, 0.4) is 0 Å². The number of aromatic nitrogens is 1. The smallest absolute Gasteiger partial charge is 0.418 e. The van der Waals surface area contributed by atoms with Gasteiger partial charge in [-0.2, -0.15) is 13.2 Å². The molecule has 12 nitrogen and oxygen atoms in total. The lowest BCUT2D eigenvalue weighted by Gasteiger charge is -2.42. The molecule has 4 fully saturated rings. The molecule has 2 bridgehead atoms. The molecular formula is C44H49F3N6O6. The fourth-order valence-electron chi connectivity index (χ4n) is 9.49. The van der Waals surface area contributed by atoms with Crippen LogP contribution in [-0.4, -0.2) is 90.6 Å². The number of piperazine rings is 1. The molecule has 2 N–H and O–H groups in total. The summed E-state index contributed by atoms with van der Waals surface area (Å²) in [5.74, 6) is 0.568. The third kappa shape index (κ3) is 8.08. The van der Waals surface area contributed by atoms with Gasteiger partial charge in [0.05, 0.1) is 25.3 Å². The van der Waals surface area contributed by atoms with E-state index in [0.29, 0.717) is 68.9 Å². The van der Waals surface area contributed by atoms with E-state index in [1.165, 1.54) is 12.1 Å². The van der Waals surface area contributed by atoms with Crippen molar-refractivity contribution >= 4 is 39.9 Å². The summed E-state index contributed by atoms with van der Waals surface area (Å²) in [6.07, 6.45) is 1.01. The van der Waals surface area contributed by atoms with Crippen LogP contribution in [0, 0.1) is 5.92 Å². The molecule has 15 heteroatoms. The largest absolute Gasteiger partial charge is 0.496 e. The summed E-state index contributed by atoms with van der Waals surface area (Å²) in [6, 6.07) is 15.1. The van der Waals surface area contributed by atoms with Gasteiger partial charge >= 0.3 is 6.18 Å². The van der Waals surface area contributed by atoms with Crippen LogP contribution in [0.5, 0.6) is 11.5 Å². The molecule has 0 radical (unpaired) electrons. The van der Waals surface area contributed by atoms with Crippen molar-refractivity contribution in [3.8, 4) is 22.6 Å². The normalized spacial score (nSPS) is 21.5. The van der Waals surface area contributed by atoms with E-state index in [0.717, 1.165) is 41.0 Å². The van der Waals surface area contributed by atoms with Crippen LogP contribution in [-0.2, 0) is 34.2 Å². The van der Waals surface area contributed by atoms with Crippen LogP contribution < -0.4 is 30.6 Å². The fraction of sp³-hybridized carbons (Fsp3) is 0.455. The molecule has 0 saturated carbocycles. The number of nitrogens with one attached hydrogen (secondary N) is 2. The molecule has 3 aromatic carbocycles. The van der Waals surface area contributed by atoms with Crippen molar-refractivity contribution < 1.29 is 37.0 Å². The monoisotopic (exact) mass is 814 g/mol. The number of benzene rings is 3. The summed E-state index contributed by atoms with van der Waals surface area (Å²) < 4.78 is 56.5. The highest BCUT2D eigenvalue weighted by molar-refractivity contribution is 6.01. The van der Waals surface area contributed by atoms with Crippen LogP contribution >= 0.6 is 0 Å². The number of amides is 3. The third-order valence-corrected chi connectivity index (χ3v) is 12.6. The molecule has 5 heterocycles. The lowest BCUT2D eigenvalue weighted by molar-refractivity contribution is -0.137. The van der Waals surface area contributed by atoms with Crippen molar-refractivity contribution in [2.24, 2.45) is 13.0 Å². The Morgan fingerprint density at radius 3 is 2.17 bits per heavy atom. The number of rotatable bonds is 10. The number of carbonyl (C=O) groups excluding carboxylic acids is 3. The third-order valence-electron chi connectivity index (χ3n) is 12.6. The number of aryl methyl sites for hydroxylation is 1. The average Bonchev–Trinajstić information content (AvgIpc) is 3.44. The number of ether oxygens (including phenoxy) is 2. The molecule has 312 valence electrons. The molecule has 0 spiro atoms. The lowest BCUT2D eigenvalue weighted by atomic mass is 9.92. The molecule has 4 saturated heterocycles. The zero-order chi connectivity index (χ0) is 41.6. The number of hydrogen-bond donors (Lipinski definition) is 2. The second kappa shape index (κ2) is 16.2. The van der Waals surface area contributed by atoms with E-state index < -0.39 is 29.6 Å². The number of anilines is 2. The van der Waals surface area contributed by atoms with Gasteiger partial charge in [0.2, 0.25) is 17.7 Å². The minimum atomic E-state index is -4.62. The van der Waals surface area contributed by atoms with E-state index in [1.807, 2.05) is 47.5 Å². The number of nitrogens with zero attached hydrogens (tertiary/aromatic N) is 4. The summed E-state index contributed by atoms with van der Waals surface area (Å²) in [7, 11) is 5.03. The van der Waals surface area contributed by atoms with E-state index >= 15 is 0 Å². The SMILES string of the molecule is COc1cc(-c2cn(C)c(=O)c3ccccc23)cc(OC)c1CN1C2CCC1CN(C(=O)CC1CCN(c3ccc(NC4CCC(=O)NC4=O)cc3C(F)(F)F)CC1)C2. The number of hydrogen-bond acceptors (Lipinski definition) is 9. The summed E-state index contributed by atoms with van der Waals surface area (Å²) in [6.45, 7) is 2.58. The Hall–Kier alpha value is -5.57. The van der Waals surface area contributed by atoms with E-state index in [1.54, 1.807) is 30.7 Å². The standard InChI is InChI=1S/C44H49F3N6O6/c1-50-24-33(31-6-4-5-7-32(31)43(50)57)27-19-38(58-2)34(39(20-27)59-3)25-53-29-9-10-30(53)23-52(22-29)41(55)18-26-14-16-51(17-15-26)37-12-8-28(21-35(37)44(45,46)47)48-36-11-13-40(54)49-42(36)56/h4-8,12,19-21,24,26,29-30,36,48H,9-11,13-18,22-23,25H2,1-3H3,(H,49,54,56). The van der Waals surface area contributed by atoms with Crippen LogP contribution in [0.25, 0.3) is 21.9 Å². The number of carbonyl (C=O) groups is 3. The highest BCUT2D eigenvalue weighted by Crippen LogP contribution is 2.42. The summed E-state index contributed by atoms with van der Waals surface area (Å²) in [5.41, 5.74) is 2.07. The molecule has 0 aliphatic carbocycles. The molecular weight excluding hydrogens is 766 g/mol. The van der Waals surface area contributed by atoms with Crippen molar-refractivity contribution in [3.05, 3.63) is 82.3 Å². The van der Waals surface area contributed by atoms with Gasteiger partial charge in [-0.3, -0.25) is 29.4 Å². The second-order valence-corrected chi connectivity index (χ2v) is 16.2. The Balaban J connectivity index is 0.899. The zero-order valence-electron chi connectivity index (χ0n) is 33.4. The Bertz CT molecular complexity index is 2300. The van der Waals surface area contributed by atoms with E-state index in [9.17, 15) is 32.3 Å². The molecule has 59 heavy (non-hydrogen) atoms. The van der Waals surface area contributed by atoms with Crippen molar-refractivity contribution in [2.45, 2.75) is 75.8 Å². The maximum Gasteiger partial charge on any atom is 0.418 e. The molecule has 8 rings (SSSR count). The first-order valence-electron chi connectivity index (χ1n) is 20.2. The summed E-state index contributed by atoms with van der Waals surface area (Å²) in [5, 5.41) is 6.56. The van der Waals surface area contributed by atoms with Crippen LogP contribution in [0.15, 0.2) is 65.6 Å². The molecule has 4 aliphatic heterocycles. The predicted molar refractivity (Wildman–Crippen MR) is 217 cm³/mol. The van der Waals surface area contributed by atoms with Crippen molar-refractivity contribution in [1.29, 1.82) is 0 Å². The number of imide groups is 1. The maximum absolute atomic E-state index is 14.3. The van der Waals surface area contributed by atoms with E-state index in [4.69, 9.17) is 9.47 Å². The molecule has 4 aliphatic rings. The number of fused-ring (bicyclic) bond motifs is 3. The summed E-state index contributed by atoms with van der Waals surface area (Å²) in [4.78, 5) is 56.5.